The Balaban J connectivity index is 2.22. The van der Waals surface area contributed by atoms with Crippen LogP contribution in [0.4, 0.5) is 4.79 Å². The quantitative estimate of drug-likeness (QED) is 0.570. The van der Waals surface area contributed by atoms with Crippen LogP contribution < -0.4 is 15.4 Å². The number of para-hydroxylation sites is 1. The lowest BCUT2D eigenvalue weighted by Crippen LogP contribution is -2.50. The van der Waals surface area contributed by atoms with Gasteiger partial charge in [-0.2, -0.15) is 0 Å². The van der Waals surface area contributed by atoms with E-state index in [4.69, 9.17) is 9.47 Å². The lowest BCUT2D eigenvalue weighted by atomic mass is 10.0. The number of esters is 1. The van der Waals surface area contributed by atoms with Gasteiger partial charge < -0.3 is 20.1 Å². The zero-order valence-corrected chi connectivity index (χ0v) is 14.5. The first-order chi connectivity index (χ1) is 10.5. The average molecular weight is 416 g/mol. The maximum absolute atomic E-state index is 12.1. The number of urea groups is 1. The average Bonchev–Trinajstić information content (AvgIpc) is 2.46. The van der Waals surface area contributed by atoms with Gasteiger partial charge in [-0.25, -0.2) is 9.59 Å². The van der Waals surface area contributed by atoms with Crippen molar-refractivity contribution in [1.29, 1.82) is 0 Å². The molecule has 2 rings (SSSR count). The number of carbonyl (C=O) groups excluding carboxylic acids is 2. The van der Waals surface area contributed by atoms with Crippen molar-refractivity contribution in [3.8, 4) is 5.75 Å². The summed E-state index contributed by atoms with van der Waals surface area (Å²) in [5, 5.41) is 5.27. The molecular formula is C15H17IN2O4. The predicted molar refractivity (Wildman–Crippen MR) is 89.4 cm³/mol. The van der Waals surface area contributed by atoms with Crippen LogP contribution >= 0.6 is 22.6 Å². The minimum absolute atomic E-state index is 0.0892. The van der Waals surface area contributed by atoms with Gasteiger partial charge in [-0.15, -0.1) is 0 Å². The van der Waals surface area contributed by atoms with E-state index >= 15 is 0 Å². The first kappa shape index (κ1) is 16.6. The third-order valence-corrected chi connectivity index (χ3v) is 3.97. The molecule has 0 aliphatic carbocycles. The summed E-state index contributed by atoms with van der Waals surface area (Å²) >= 11 is 2.16. The molecule has 7 heteroatoms. The van der Waals surface area contributed by atoms with Crippen LogP contribution in [0.2, 0.25) is 0 Å². The number of hydrogen-bond donors (Lipinski definition) is 2. The molecule has 1 aliphatic rings. The Bertz CT molecular complexity index is 615. The Labute approximate surface area is 142 Å². The Morgan fingerprint density at radius 2 is 2.09 bits per heavy atom. The number of halogens is 1. The Morgan fingerprint density at radius 1 is 1.36 bits per heavy atom. The van der Waals surface area contributed by atoms with E-state index in [-0.39, 0.29) is 19.2 Å². The van der Waals surface area contributed by atoms with Crippen LogP contribution in [0, 0.1) is 3.57 Å². The van der Waals surface area contributed by atoms with Crippen molar-refractivity contribution in [2.45, 2.75) is 19.9 Å². The summed E-state index contributed by atoms with van der Waals surface area (Å²) in [6.07, 6.45) is 0. The van der Waals surface area contributed by atoms with E-state index in [1.165, 1.54) is 0 Å². The van der Waals surface area contributed by atoms with Gasteiger partial charge in [-0.1, -0.05) is 12.1 Å². The molecule has 1 heterocycles. The second kappa shape index (κ2) is 7.48. The third-order valence-electron chi connectivity index (χ3n) is 3.07. The highest BCUT2D eigenvalue weighted by Crippen LogP contribution is 2.21. The Hall–Kier alpha value is -1.77. The smallest absolute Gasteiger partial charge is 0.338 e. The molecule has 0 saturated heterocycles. The third kappa shape index (κ3) is 3.90. The van der Waals surface area contributed by atoms with Gasteiger partial charge in [0.15, 0.2) is 0 Å². The highest BCUT2D eigenvalue weighted by atomic mass is 127. The van der Waals surface area contributed by atoms with Crippen LogP contribution in [0.1, 0.15) is 13.8 Å². The van der Waals surface area contributed by atoms with Crippen molar-refractivity contribution in [2.24, 2.45) is 0 Å². The topological polar surface area (TPSA) is 76.7 Å². The SMILES string of the molecule is CCOC(=O)C1=C(COc2ccccc2I)NC(=O)NC1C. The van der Waals surface area contributed by atoms with Gasteiger partial charge in [-0.05, 0) is 48.6 Å². The van der Waals surface area contributed by atoms with E-state index in [0.717, 1.165) is 3.57 Å². The molecule has 2 amide bonds. The van der Waals surface area contributed by atoms with Gasteiger partial charge >= 0.3 is 12.0 Å². The molecule has 0 radical (unpaired) electrons. The van der Waals surface area contributed by atoms with Gasteiger partial charge in [0.25, 0.3) is 0 Å². The van der Waals surface area contributed by atoms with Crippen LogP contribution in [0.3, 0.4) is 0 Å². The van der Waals surface area contributed by atoms with Crippen molar-refractivity contribution >= 4 is 34.6 Å². The maximum atomic E-state index is 12.1. The number of amides is 2. The Kier molecular flexibility index (Phi) is 5.64. The van der Waals surface area contributed by atoms with Gasteiger partial charge in [0.1, 0.15) is 12.4 Å². The molecule has 0 bridgehead atoms. The summed E-state index contributed by atoms with van der Waals surface area (Å²) in [5.41, 5.74) is 0.807. The highest BCUT2D eigenvalue weighted by molar-refractivity contribution is 14.1. The summed E-state index contributed by atoms with van der Waals surface area (Å²) in [5.74, 6) is 0.239. The number of carbonyl (C=O) groups is 2. The maximum Gasteiger partial charge on any atom is 0.338 e. The Morgan fingerprint density at radius 3 is 2.77 bits per heavy atom. The fourth-order valence-corrected chi connectivity index (χ4v) is 2.65. The van der Waals surface area contributed by atoms with Crippen LogP contribution in [-0.4, -0.2) is 31.3 Å². The molecule has 0 fully saturated rings. The van der Waals surface area contributed by atoms with E-state index < -0.39 is 12.0 Å². The molecule has 0 saturated carbocycles. The fraction of sp³-hybridized carbons (Fsp3) is 0.333. The van der Waals surface area contributed by atoms with Crippen molar-refractivity contribution in [3.05, 3.63) is 39.1 Å². The van der Waals surface area contributed by atoms with Gasteiger partial charge in [0.2, 0.25) is 0 Å². The molecule has 2 N–H and O–H groups in total. The summed E-state index contributed by atoms with van der Waals surface area (Å²) in [4.78, 5) is 23.7. The zero-order valence-electron chi connectivity index (χ0n) is 12.3. The summed E-state index contributed by atoms with van der Waals surface area (Å²) in [7, 11) is 0. The van der Waals surface area contributed by atoms with E-state index in [1.54, 1.807) is 13.8 Å². The zero-order chi connectivity index (χ0) is 16.1. The molecule has 6 nitrogen and oxygen atoms in total. The highest BCUT2D eigenvalue weighted by Gasteiger charge is 2.29. The molecular weight excluding hydrogens is 399 g/mol. The summed E-state index contributed by atoms with van der Waals surface area (Å²) < 4.78 is 11.7. The van der Waals surface area contributed by atoms with E-state index in [9.17, 15) is 9.59 Å². The lowest BCUT2D eigenvalue weighted by molar-refractivity contribution is -0.139. The van der Waals surface area contributed by atoms with Gasteiger partial charge in [0, 0.05) is 0 Å². The summed E-state index contributed by atoms with van der Waals surface area (Å²) in [6.45, 7) is 3.83. The van der Waals surface area contributed by atoms with Crippen LogP contribution in [-0.2, 0) is 9.53 Å². The number of ether oxygens (including phenoxy) is 2. The molecule has 1 aliphatic heterocycles. The largest absolute Gasteiger partial charge is 0.486 e. The van der Waals surface area contributed by atoms with Gasteiger partial charge in [0.05, 0.1) is 27.5 Å². The molecule has 1 aromatic rings. The van der Waals surface area contributed by atoms with Crippen LogP contribution in [0.25, 0.3) is 0 Å². The van der Waals surface area contributed by atoms with Crippen LogP contribution in [0.5, 0.6) is 5.75 Å². The number of hydrogen-bond acceptors (Lipinski definition) is 4. The molecule has 1 unspecified atom stereocenters. The molecule has 22 heavy (non-hydrogen) atoms. The van der Waals surface area contributed by atoms with Crippen molar-refractivity contribution in [2.75, 3.05) is 13.2 Å². The number of rotatable bonds is 5. The van der Waals surface area contributed by atoms with E-state index in [1.807, 2.05) is 24.3 Å². The summed E-state index contributed by atoms with van der Waals surface area (Å²) in [6, 6.07) is 6.73. The standard InChI is InChI=1S/C15H17IN2O4/c1-3-21-14(19)13-9(2)17-15(20)18-11(13)8-22-12-7-5-4-6-10(12)16/h4-7,9H,3,8H2,1-2H3,(H2,17,18,20). The first-order valence-electron chi connectivity index (χ1n) is 6.88. The molecule has 118 valence electrons. The second-order valence-electron chi connectivity index (χ2n) is 4.65. The molecule has 1 aromatic carbocycles. The number of nitrogens with one attached hydrogen (secondary N) is 2. The predicted octanol–water partition coefficient (Wildman–Crippen LogP) is 2.19. The lowest BCUT2D eigenvalue weighted by Gasteiger charge is -2.26. The van der Waals surface area contributed by atoms with Crippen molar-refractivity contribution in [3.63, 3.8) is 0 Å². The molecule has 0 spiro atoms. The molecule has 1 atom stereocenters. The normalized spacial score (nSPS) is 17.6. The first-order valence-corrected chi connectivity index (χ1v) is 7.95. The fourth-order valence-electron chi connectivity index (χ4n) is 2.10. The molecule has 0 aromatic heterocycles. The van der Waals surface area contributed by atoms with Crippen molar-refractivity contribution in [1.82, 2.24) is 10.6 Å². The number of benzene rings is 1. The van der Waals surface area contributed by atoms with Crippen LogP contribution in [0.15, 0.2) is 35.5 Å². The monoisotopic (exact) mass is 416 g/mol. The van der Waals surface area contributed by atoms with E-state index in [2.05, 4.69) is 33.2 Å². The van der Waals surface area contributed by atoms with Crippen molar-refractivity contribution < 1.29 is 19.1 Å². The minimum Gasteiger partial charge on any atom is -0.486 e. The minimum atomic E-state index is -0.455. The second-order valence-corrected chi connectivity index (χ2v) is 5.81. The van der Waals surface area contributed by atoms with Gasteiger partial charge in [-0.3, -0.25) is 0 Å². The van der Waals surface area contributed by atoms with E-state index in [0.29, 0.717) is 17.0 Å².